The molecule has 1 aromatic heterocycles. The number of anilines is 1. The van der Waals surface area contributed by atoms with Gasteiger partial charge in [-0.3, -0.25) is 14.6 Å². The van der Waals surface area contributed by atoms with Gasteiger partial charge in [0.2, 0.25) is 0 Å². The van der Waals surface area contributed by atoms with Crippen LogP contribution in [0.1, 0.15) is 59.2 Å². The lowest BCUT2D eigenvalue weighted by atomic mass is 10.1. The van der Waals surface area contributed by atoms with Gasteiger partial charge in [0.15, 0.2) is 0 Å². The molecule has 136 valence electrons. The molecule has 1 aromatic carbocycles. The van der Waals surface area contributed by atoms with Crippen molar-refractivity contribution in [2.24, 2.45) is 0 Å². The molecule has 2 aromatic rings. The Balaban J connectivity index is 1.65. The van der Waals surface area contributed by atoms with Gasteiger partial charge in [0, 0.05) is 29.1 Å². The first-order valence-corrected chi connectivity index (χ1v) is 9.32. The number of aromatic nitrogens is 1. The highest BCUT2D eigenvalue weighted by atomic mass is 35.5. The summed E-state index contributed by atoms with van der Waals surface area (Å²) >= 11 is 5.84. The van der Waals surface area contributed by atoms with E-state index in [2.05, 4.69) is 15.6 Å². The first-order chi connectivity index (χ1) is 12.6. The molecule has 2 amide bonds. The summed E-state index contributed by atoms with van der Waals surface area (Å²) in [6, 6.07) is 8.62. The van der Waals surface area contributed by atoms with E-state index in [-0.39, 0.29) is 17.9 Å². The number of nitrogens with zero attached hydrogens (tertiary/aromatic N) is 1. The monoisotopic (exact) mass is 371 g/mol. The Kier molecular flexibility index (Phi) is 6.23. The lowest BCUT2D eigenvalue weighted by Crippen LogP contribution is -2.34. The molecule has 1 heterocycles. The SMILES string of the molecule is O=C(Nc1ccc(Cl)cc1)c1cncc(C(=O)NC2CCCCCC2)c1. The van der Waals surface area contributed by atoms with E-state index in [1.807, 2.05) is 0 Å². The number of hydrogen-bond acceptors (Lipinski definition) is 3. The maximum absolute atomic E-state index is 12.5. The second kappa shape index (κ2) is 8.81. The van der Waals surface area contributed by atoms with Crippen molar-refractivity contribution in [3.05, 3.63) is 58.9 Å². The molecule has 6 heteroatoms. The Hall–Kier alpha value is -2.40. The van der Waals surface area contributed by atoms with Gasteiger partial charge in [0.25, 0.3) is 11.8 Å². The van der Waals surface area contributed by atoms with Gasteiger partial charge in [-0.25, -0.2) is 0 Å². The van der Waals surface area contributed by atoms with Crippen molar-refractivity contribution >= 4 is 29.1 Å². The van der Waals surface area contributed by atoms with Gasteiger partial charge in [0.1, 0.15) is 0 Å². The number of nitrogens with one attached hydrogen (secondary N) is 2. The normalized spacial score (nSPS) is 15.1. The largest absolute Gasteiger partial charge is 0.349 e. The zero-order valence-electron chi connectivity index (χ0n) is 14.5. The van der Waals surface area contributed by atoms with Crippen molar-refractivity contribution < 1.29 is 9.59 Å². The Morgan fingerprint density at radius 2 is 1.54 bits per heavy atom. The molecular formula is C20H22ClN3O2. The van der Waals surface area contributed by atoms with Crippen LogP contribution < -0.4 is 10.6 Å². The summed E-state index contributed by atoms with van der Waals surface area (Å²) in [4.78, 5) is 28.9. The topological polar surface area (TPSA) is 71.1 Å². The molecule has 0 atom stereocenters. The molecule has 5 nitrogen and oxygen atoms in total. The Morgan fingerprint density at radius 1 is 0.923 bits per heavy atom. The molecule has 1 aliphatic carbocycles. The second-order valence-corrected chi connectivity index (χ2v) is 7.02. The van der Waals surface area contributed by atoms with E-state index in [0.29, 0.717) is 21.8 Å². The van der Waals surface area contributed by atoms with Crippen LogP contribution in [-0.2, 0) is 0 Å². The lowest BCUT2D eigenvalue weighted by Gasteiger charge is -2.16. The minimum absolute atomic E-state index is 0.175. The third-order valence-electron chi connectivity index (χ3n) is 4.56. The van der Waals surface area contributed by atoms with E-state index < -0.39 is 0 Å². The van der Waals surface area contributed by atoms with Crippen LogP contribution in [0.3, 0.4) is 0 Å². The molecule has 0 saturated heterocycles. The van der Waals surface area contributed by atoms with Crippen LogP contribution in [0.4, 0.5) is 5.69 Å². The summed E-state index contributed by atoms with van der Waals surface area (Å²) in [6.45, 7) is 0. The quantitative estimate of drug-likeness (QED) is 0.780. The number of amides is 2. The minimum Gasteiger partial charge on any atom is -0.349 e. The number of carbonyl (C=O) groups excluding carboxylic acids is 2. The van der Waals surface area contributed by atoms with E-state index >= 15 is 0 Å². The van der Waals surface area contributed by atoms with Crippen molar-refractivity contribution in [2.45, 2.75) is 44.6 Å². The number of rotatable bonds is 4. The first kappa shape index (κ1) is 18.4. The molecule has 26 heavy (non-hydrogen) atoms. The summed E-state index contributed by atoms with van der Waals surface area (Å²) in [7, 11) is 0. The van der Waals surface area contributed by atoms with Crippen LogP contribution in [0.15, 0.2) is 42.7 Å². The fourth-order valence-corrected chi connectivity index (χ4v) is 3.24. The molecule has 3 rings (SSSR count). The molecular weight excluding hydrogens is 350 g/mol. The number of halogens is 1. The Labute approximate surface area is 158 Å². The zero-order chi connectivity index (χ0) is 18.4. The summed E-state index contributed by atoms with van der Waals surface area (Å²) in [6.07, 6.45) is 9.71. The molecule has 0 spiro atoms. The van der Waals surface area contributed by atoms with Gasteiger partial charge in [-0.05, 0) is 43.2 Å². The Bertz CT molecular complexity index is 769. The number of hydrogen-bond donors (Lipinski definition) is 2. The van der Waals surface area contributed by atoms with E-state index in [0.717, 1.165) is 25.7 Å². The summed E-state index contributed by atoms with van der Waals surface area (Å²) in [5.41, 5.74) is 1.37. The van der Waals surface area contributed by atoms with Crippen molar-refractivity contribution in [1.82, 2.24) is 10.3 Å². The van der Waals surface area contributed by atoms with Crippen LogP contribution in [0.25, 0.3) is 0 Å². The van der Waals surface area contributed by atoms with Crippen LogP contribution in [0.5, 0.6) is 0 Å². The van der Waals surface area contributed by atoms with Gasteiger partial charge < -0.3 is 10.6 Å². The highest BCUT2D eigenvalue weighted by Gasteiger charge is 2.17. The van der Waals surface area contributed by atoms with E-state index in [9.17, 15) is 9.59 Å². The molecule has 0 radical (unpaired) electrons. The Morgan fingerprint density at radius 3 is 2.19 bits per heavy atom. The standard InChI is InChI=1S/C20H22ClN3O2/c21-16-7-9-18(10-8-16)24-20(26)15-11-14(12-22-13-15)19(25)23-17-5-3-1-2-4-6-17/h7-13,17H,1-6H2,(H,23,25)(H,24,26). The molecule has 0 bridgehead atoms. The van der Waals surface area contributed by atoms with Crippen LogP contribution in [-0.4, -0.2) is 22.8 Å². The van der Waals surface area contributed by atoms with E-state index in [1.165, 1.54) is 25.2 Å². The highest BCUT2D eigenvalue weighted by molar-refractivity contribution is 6.30. The predicted octanol–water partition coefficient (Wildman–Crippen LogP) is 4.44. The maximum Gasteiger partial charge on any atom is 0.257 e. The average Bonchev–Trinajstić information content (AvgIpc) is 2.92. The third kappa shape index (κ3) is 5.05. The van der Waals surface area contributed by atoms with Crippen LogP contribution in [0, 0.1) is 0 Å². The fraction of sp³-hybridized carbons (Fsp3) is 0.350. The number of pyridine rings is 1. The molecule has 2 N–H and O–H groups in total. The molecule has 1 saturated carbocycles. The summed E-state index contributed by atoms with van der Waals surface area (Å²) in [5, 5.41) is 6.44. The van der Waals surface area contributed by atoms with Crippen LogP contribution >= 0.6 is 11.6 Å². The van der Waals surface area contributed by atoms with E-state index in [1.54, 1.807) is 30.3 Å². The summed E-state index contributed by atoms with van der Waals surface area (Å²) < 4.78 is 0. The molecule has 0 unspecified atom stereocenters. The number of benzene rings is 1. The van der Waals surface area contributed by atoms with Crippen molar-refractivity contribution in [3.8, 4) is 0 Å². The average molecular weight is 372 g/mol. The smallest absolute Gasteiger partial charge is 0.257 e. The maximum atomic E-state index is 12.5. The predicted molar refractivity (Wildman–Crippen MR) is 103 cm³/mol. The van der Waals surface area contributed by atoms with Gasteiger partial charge in [-0.1, -0.05) is 37.3 Å². The van der Waals surface area contributed by atoms with E-state index in [4.69, 9.17) is 11.6 Å². The van der Waals surface area contributed by atoms with Gasteiger partial charge in [-0.15, -0.1) is 0 Å². The minimum atomic E-state index is -0.316. The number of carbonyl (C=O) groups is 2. The molecule has 1 fully saturated rings. The lowest BCUT2D eigenvalue weighted by molar-refractivity contribution is 0.0933. The third-order valence-corrected chi connectivity index (χ3v) is 4.81. The second-order valence-electron chi connectivity index (χ2n) is 6.59. The van der Waals surface area contributed by atoms with Gasteiger partial charge >= 0.3 is 0 Å². The summed E-state index contributed by atoms with van der Waals surface area (Å²) in [5.74, 6) is -0.491. The van der Waals surface area contributed by atoms with Crippen molar-refractivity contribution in [1.29, 1.82) is 0 Å². The van der Waals surface area contributed by atoms with Crippen molar-refractivity contribution in [2.75, 3.05) is 5.32 Å². The van der Waals surface area contributed by atoms with Gasteiger partial charge in [0.05, 0.1) is 11.1 Å². The molecule has 1 aliphatic rings. The fourth-order valence-electron chi connectivity index (χ4n) is 3.12. The van der Waals surface area contributed by atoms with Crippen molar-refractivity contribution in [3.63, 3.8) is 0 Å². The molecule has 0 aliphatic heterocycles. The first-order valence-electron chi connectivity index (χ1n) is 8.94. The highest BCUT2D eigenvalue weighted by Crippen LogP contribution is 2.18. The van der Waals surface area contributed by atoms with Crippen LogP contribution in [0.2, 0.25) is 5.02 Å². The zero-order valence-corrected chi connectivity index (χ0v) is 15.3. The van der Waals surface area contributed by atoms with Gasteiger partial charge in [-0.2, -0.15) is 0 Å².